The van der Waals surface area contributed by atoms with Gasteiger partial charge in [0.2, 0.25) is 0 Å². The topological polar surface area (TPSA) is 38.9 Å². The van der Waals surface area contributed by atoms with E-state index in [1.807, 2.05) is 11.7 Å². The van der Waals surface area contributed by atoms with Gasteiger partial charge in [0.05, 0.1) is 16.7 Å². The summed E-state index contributed by atoms with van der Waals surface area (Å²) in [7, 11) is 4.20. The van der Waals surface area contributed by atoms with Crippen LogP contribution in [0.2, 0.25) is 0 Å². The molecule has 5 heteroatoms. The fourth-order valence-electron chi connectivity index (χ4n) is 4.83. The monoisotopic (exact) mass is 399 g/mol. The summed E-state index contributed by atoms with van der Waals surface area (Å²) in [6.07, 6.45) is 2.40. The van der Waals surface area contributed by atoms with Crippen molar-refractivity contribution < 1.29 is 0 Å². The van der Waals surface area contributed by atoms with Crippen molar-refractivity contribution in [3.05, 3.63) is 71.7 Å². The lowest BCUT2D eigenvalue weighted by molar-refractivity contribution is 0.195. The van der Waals surface area contributed by atoms with E-state index < -0.39 is 0 Å². The maximum Gasteiger partial charge on any atom is 0.114 e. The van der Waals surface area contributed by atoms with E-state index in [-0.39, 0.29) is 0 Å². The molecule has 30 heavy (non-hydrogen) atoms. The van der Waals surface area contributed by atoms with Crippen LogP contribution in [-0.2, 0) is 20.6 Å². The van der Waals surface area contributed by atoms with Gasteiger partial charge in [-0.3, -0.25) is 9.58 Å². The van der Waals surface area contributed by atoms with Gasteiger partial charge in [-0.2, -0.15) is 5.10 Å². The third kappa shape index (κ3) is 3.33. The highest BCUT2D eigenvalue weighted by Crippen LogP contribution is 2.31. The normalized spacial score (nSPS) is 17.6. The summed E-state index contributed by atoms with van der Waals surface area (Å²) in [5, 5.41) is 4.84. The Labute approximate surface area is 178 Å². The minimum absolute atomic E-state index is 0.466. The molecule has 3 heterocycles. The lowest BCUT2D eigenvalue weighted by Crippen LogP contribution is -2.35. The standard InChI is InChI=1S/C25H29N5/c1-18-21(24(27-29(18)3)19-10-5-4-6-11-19)17-30-15-9-12-20(16-30)25-26-22-13-7-8-14-23(22)28(25)2/h4-8,10-11,13-14,20H,9,12,15-17H2,1-3H3/t20-/m1/s1. The van der Waals surface area contributed by atoms with E-state index in [4.69, 9.17) is 10.1 Å². The summed E-state index contributed by atoms with van der Waals surface area (Å²) in [6, 6.07) is 19.0. The number of hydrogen-bond acceptors (Lipinski definition) is 3. The van der Waals surface area contributed by atoms with Crippen molar-refractivity contribution in [3.8, 4) is 11.3 Å². The van der Waals surface area contributed by atoms with E-state index >= 15 is 0 Å². The molecule has 0 amide bonds. The Balaban J connectivity index is 1.42. The molecule has 0 radical (unpaired) electrons. The first-order chi connectivity index (χ1) is 14.6. The summed E-state index contributed by atoms with van der Waals surface area (Å²) in [4.78, 5) is 7.57. The van der Waals surface area contributed by atoms with Crippen molar-refractivity contribution in [3.63, 3.8) is 0 Å². The quantitative estimate of drug-likeness (QED) is 0.501. The van der Waals surface area contributed by atoms with Crippen LogP contribution in [0.1, 0.15) is 35.8 Å². The van der Waals surface area contributed by atoms with Gasteiger partial charge in [-0.05, 0) is 38.4 Å². The Morgan fingerprint density at radius 1 is 1.00 bits per heavy atom. The number of aryl methyl sites for hydroxylation is 2. The predicted octanol–water partition coefficient (Wildman–Crippen LogP) is 4.66. The summed E-state index contributed by atoms with van der Waals surface area (Å²) in [6.45, 7) is 5.29. The molecule has 4 aromatic rings. The average molecular weight is 400 g/mol. The second-order valence-electron chi connectivity index (χ2n) is 8.49. The molecule has 5 nitrogen and oxygen atoms in total. The van der Waals surface area contributed by atoms with Crippen molar-refractivity contribution in [2.45, 2.75) is 32.2 Å². The van der Waals surface area contributed by atoms with E-state index in [1.165, 1.54) is 41.0 Å². The lowest BCUT2D eigenvalue weighted by Gasteiger charge is -2.32. The van der Waals surface area contributed by atoms with E-state index in [2.05, 4.69) is 78.0 Å². The first kappa shape index (κ1) is 19.1. The number of imidazole rings is 1. The third-order valence-electron chi connectivity index (χ3n) is 6.58. The summed E-state index contributed by atoms with van der Waals surface area (Å²) < 4.78 is 4.30. The number of hydrogen-bond donors (Lipinski definition) is 0. The zero-order valence-corrected chi connectivity index (χ0v) is 18.0. The molecule has 1 aliphatic rings. The molecule has 1 fully saturated rings. The van der Waals surface area contributed by atoms with Gasteiger partial charge >= 0.3 is 0 Å². The molecule has 2 aromatic heterocycles. The molecule has 0 bridgehead atoms. The van der Waals surface area contributed by atoms with Crippen LogP contribution in [0, 0.1) is 6.92 Å². The fourth-order valence-corrected chi connectivity index (χ4v) is 4.83. The first-order valence-corrected chi connectivity index (χ1v) is 10.8. The van der Waals surface area contributed by atoms with Gasteiger partial charge < -0.3 is 4.57 Å². The Morgan fingerprint density at radius 2 is 1.77 bits per heavy atom. The van der Waals surface area contributed by atoms with Crippen molar-refractivity contribution in [2.75, 3.05) is 13.1 Å². The van der Waals surface area contributed by atoms with E-state index in [0.29, 0.717) is 5.92 Å². The van der Waals surface area contributed by atoms with Crippen molar-refractivity contribution in [1.29, 1.82) is 0 Å². The number of rotatable bonds is 4. The molecule has 0 unspecified atom stereocenters. The summed E-state index contributed by atoms with van der Waals surface area (Å²) >= 11 is 0. The highest BCUT2D eigenvalue weighted by atomic mass is 15.3. The van der Waals surface area contributed by atoms with Crippen LogP contribution >= 0.6 is 0 Å². The number of para-hydroxylation sites is 2. The molecule has 154 valence electrons. The van der Waals surface area contributed by atoms with Crippen molar-refractivity contribution in [2.24, 2.45) is 14.1 Å². The van der Waals surface area contributed by atoms with E-state index in [9.17, 15) is 0 Å². The molecule has 2 aromatic carbocycles. The second kappa shape index (κ2) is 7.73. The maximum atomic E-state index is 4.98. The minimum Gasteiger partial charge on any atom is -0.331 e. The van der Waals surface area contributed by atoms with Gasteiger partial charge in [-0.25, -0.2) is 4.98 Å². The summed E-state index contributed by atoms with van der Waals surface area (Å²) in [5.74, 6) is 1.68. The SMILES string of the molecule is Cc1c(CN2CCC[C@@H](c3nc4ccccc4n3C)C2)c(-c2ccccc2)nn1C. The average Bonchev–Trinajstić information content (AvgIpc) is 3.26. The van der Waals surface area contributed by atoms with Crippen LogP contribution in [0.15, 0.2) is 54.6 Å². The molecule has 1 saturated heterocycles. The number of piperidine rings is 1. The smallest absolute Gasteiger partial charge is 0.114 e. The van der Waals surface area contributed by atoms with Gasteiger partial charge in [0.1, 0.15) is 5.82 Å². The van der Waals surface area contributed by atoms with Crippen LogP contribution in [0.4, 0.5) is 0 Å². The van der Waals surface area contributed by atoms with Gasteiger partial charge in [0.25, 0.3) is 0 Å². The predicted molar refractivity (Wildman–Crippen MR) is 121 cm³/mol. The van der Waals surface area contributed by atoms with Gasteiger partial charge in [-0.15, -0.1) is 0 Å². The Bertz CT molecular complexity index is 1170. The molecular formula is C25H29N5. The zero-order valence-electron chi connectivity index (χ0n) is 18.0. The highest BCUT2D eigenvalue weighted by Gasteiger charge is 2.27. The third-order valence-corrected chi connectivity index (χ3v) is 6.58. The molecule has 1 atom stereocenters. The number of likely N-dealkylation sites (tertiary alicyclic amines) is 1. The number of fused-ring (bicyclic) bond motifs is 1. The van der Waals surface area contributed by atoms with Crippen molar-refractivity contribution >= 4 is 11.0 Å². The molecule has 0 saturated carbocycles. The second-order valence-corrected chi connectivity index (χ2v) is 8.49. The Hall–Kier alpha value is -2.92. The van der Waals surface area contributed by atoms with Gasteiger partial charge in [0, 0.05) is 49.9 Å². The van der Waals surface area contributed by atoms with Crippen LogP contribution < -0.4 is 0 Å². The summed E-state index contributed by atoms with van der Waals surface area (Å²) in [5.41, 5.74) is 7.22. The van der Waals surface area contributed by atoms with Crippen LogP contribution in [0.3, 0.4) is 0 Å². The maximum absolute atomic E-state index is 4.98. The van der Waals surface area contributed by atoms with Crippen LogP contribution in [0.5, 0.6) is 0 Å². The Morgan fingerprint density at radius 3 is 2.57 bits per heavy atom. The van der Waals surface area contributed by atoms with Gasteiger partial charge in [-0.1, -0.05) is 42.5 Å². The largest absolute Gasteiger partial charge is 0.331 e. The Kier molecular flexibility index (Phi) is 4.91. The molecule has 0 aliphatic carbocycles. The molecule has 5 rings (SSSR count). The number of aromatic nitrogens is 4. The highest BCUT2D eigenvalue weighted by molar-refractivity contribution is 5.75. The number of nitrogens with zero attached hydrogens (tertiary/aromatic N) is 5. The first-order valence-electron chi connectivity index (χ1n) is 10.8. The van der Waals surface area contributed by atoms with E-state index in [0.717, 1.165) is 30.8 Å². The molecule has 0 N–H and O–H groups in total. The molecular weight excluding hydrogens is 370 g/mol. The van der Waals surface area contributed by atoms with Crippen molar-refractivity contribution in [1.82, 2.24) is 24.2 Å². The van der Waals surface area contributed by atoms with Gasteiger partial charge in [0.15, 0.2) is 0 Å². The van der Waals surface area contributed by atoms with E-state index in [1.54, 1.807) is 0 Å². The van der Waals surface area contributed by atoms with Crippen LogP contribution in [0.25, 0.3) is 22.3 Å². The lowest BCUT2D eigenvalue weighted by atomic mass is 9.96. The molecule has 0 spiro atoms. The van der Waals surface area contributed by atoms with Crippen LogP contribution in [-0.4, -0.2) is 37.3 Å². The molecule has 1 aliphatic heterocycles. The fraction of sp³-hybridized carbons (Fsp3) is 0.360. The number of benzene rings is 2. The minimum atomic E-state index is 0.466. The zero-order chi connectivity index (χ0) is 20.7.